The van der Waals surface area contributed by atoms with Gasteiger partial charge in [-0.15, -0.1) is 0 Å². The van der Waals surface area contributed by atoms with E-state index in [-0.39, 0.29) is 23.3 Å². The van der Waals surface area contributed by atoms with Crippen molar-refractivity contribution < 1.29 is 23.1 Å². The van der Waals surface area contributed by atoms with Crippen LogP contribution in [0.2, 0.25) is 0 Å². The summed E-state index contributed by atoms with van der Waals surface area (Å²) in [5.74, 6) is -1.11. The van der Waals surface area contributed by atoms with E-state index in [1.165, 1.54) is 4.90 Å². The maximum atomic E-state index is 12.4. The zero-order valence-corrected chi connectivity index (χ0v) is 15.4. The summed E-state index contributed by atoms with van der Waals surface area (Å²) in [7, 11) is -3.47. The van der Waals surface area contributed by atoms with Crippen LogP contribution in [-0.4, -0.2) is 48.9 Å². The Bertz CT molecular complexity index is 771. The van der Waals surface area contributed by atoms with Crippen LogP contribution in [0.15, 0.2) is 29.2 Å². The summed E-state index contributed by atoms with van der Waals surface area (Å²) in [6.45, 7) is 0.486. The van der Waals surface area contributed by atoms with E-state index in [1.54, 1.807) is 24.3 Å². The van der Waals surface area contributed by atoms with Gasteiger partial charge in [0.25, 0.3) is 0 Å². The number of aliphatic carboxylic acids is 1. The van der Waals surface area contributed by atoms with Crippen molar-refractivity contribution in [2.45, 2.75) is 61.9 Å². The number of sulfonamides is 1. The lowest BCUT2D eigenvalue weighted by Crippen LogP contribution is -2.48. The fourth-order valence-corrected chi connectivity index (χ4v) is 4.51. The molecule has 1 saturated carbocycles. The Kier molecular flexibility index (Phi) is 5.62. The molecule has 7 nitrogen and oxygen atoms in total. The van der Waals surface area contributed by atoms with Gasteiger partial charge in [0, 0.05) is 19.0 Å². The molecule has 1 saturated heterocycles. The number of carbonyl (C=O) groups is 2. The molecule has 0 bridgehead atoms. The summed E-state index contributed by atoms with van der Waals surface area (Å²) in [4.78, 5) is 25.4. The largest absolute Gasteiger partial charge is 0.480 e. The first-order chi connectivity index (χ1) is 12.4. The monoisotopic (exact) mass is 380 g/mol. The van der Waals surface area contributed by atoms with Crippen LogP contribution in [0.1, 0.15) is 44.1 Å². The number of aryl methyl sites for hydroxylation is 1. The minimum absolute atomic E-state index is 0.0593. The van der Waals surface area contributed by atoms with E-state index in [9.17, 15) is 23.1 Å². The number of piperidine rings is 1. The lowest BCUT2D eigenvalue weighted by atomic mass is 10.0. The highest BCUT2D eigenvalue weighted by molar-refractivity contribution is 7.89. The quantitative estimate of drug-likeness (QED) is 0.746. The predicted molar refractivity (Wildman–Crippen MR) is 95.1 cm³/mol. The molecule has 2 N–H and O–H groups in total. The van der Waals surface area contributed by atoms with Crippen LogP contribution in [0.5, 0.6) is 0 Å². The van der Waals surface area contributed by atoms with Crippen molar-refractivity contribution in [1.29, 1.82) is 0 Å². The number of carbonyl (C=O) groups excluding carboxylic acids is 1. The van der Waals surface area contributed by atoms with Crippen molar-refractivity contribution in [1.82, 2.24) is 9.62 Å². The molecule has 1 aliphatic carbocycles. The van der Waals surface area contributed by atoms with E-state index in [2.05, 4.69) is 4.72 Å². The van der Waals surface area contributed by atoms with Gasteiger partial charge < -0.3 is 10.0 Å². The summed E-state index contributed by atoms with van der Waals surface area (Å²) in [6, 6.07) is 5.84. The second-order valence-electron chi connectivity index (χ2n) is 6.98. The molecule has 3 rings (SSSR count). The first-order valence-corrected chi connectivity index (χ1v) is 10.5. The minimum atomic E-state index is -3.47. The molecule has 2 aliphatic rings. The lowest BCUT2D eigenvalue weighted by molar-refractivity contribution is -0.152. The third kappa shape index (κ3) is 4.62. The summed E-state index contributed by atoms with van der Waals surface area (Å²) in [6.07, 6.45) is 4.60. The van der Waals surface area contributed by atoms with E-state index < -0.39 is 22.0 Å². The lowest BCUT2D eigenvalue weighted by Gasteiger charge is -2.33. The van der Waals surface area contributed by atoms with Crippen LogP contribution in [0.3, 0.4) is 0 Å². The van der Waals surface area contributed by atoms with Gasteiger partial charge in [-0.25, -0.2) is 17.9 Å². The highest BCUT2D eigenvalue weighted by atomic mass is 32.2. The summed E-state index contributed by atoms with van der Waals surface area (Å²) < 4.78 is 26.9. The molecule has 1 unspecified atom stereocenters. The van der Waals surface area contributed by atoms with E-state index in [0.717, 1.165) is 31.2 Å². The Balaban J connectivity index is 1.57. The van der Waals surface area contributed by atoms with Crippen LogP contribution >= 0.6 is 0 Å². The fourth-order valence-electron chi connectivity index (χ4n) is 3.21. The number of nitrogens with one attached hydrogen (secondary N) is 1. The molecular formula is C18H24N2O5S. The number of amides is 1. The highest BCUT2D eigenvalue weighted by Gasteiger charge is 2.31. The Labute approximate surface area is 153 Å². The molecule has 1 aromatic rings. The second kappa shape index (κ2) is 7.75. The zero-order valence-electron chi connectivity index (χ0n) is 14.6. The molecule has 1 amide bonds. The van der Waals surface area contributed by atoms with Gasteiger partial charge in [0.2, 0.25) is 15.9 Å². The van der Waals surface area contributed by atoms with Crippen molar-refractivity contribution in [3.05, 3.63) is 29.8 Å². The molecule has 8 heteroatoms. The number of hydrogen-bond acceptors (Lipinski definition) is 4. The molecule has 1 aliphatic heterocycles. The number of carboxylic acid groups (broad SMARTS) is 1. The molecule has 1 heterocycles. The predicted octanol–water partition coefficient (Wildman–Crippen LogP) is 1.53. The number of hydrogen-bond donors (Lipinski definition) is 2. The van der Waals surface area contributed by atoms with Crippen LogP contribution in [0.4, 0.5) is 0 Å². The molecular weight excluding hydrogens is 356 g/mol. The zero-order chi connectivity index (χ0) is 18.7. The Hall–Kier alpha value is -1.93. The van der Waals surface area contributed by atoms with Crippen LogP contribution < -0.4 is 4.72 Å². The standard InChI is InChI=1S/C18H24N2O5S/c21-17(20-12-2-1-3-16(20)18(22)23)11-6-13-4-9-15(10-5-13)26(24,25)19-14-7-8-14/h4-5,9-10,14,16,19H,1-3,6-8,11-12H2,(H,22,23). The molecule has 0 spiro atoms. The van der Waals surface area contributed by atoms with E-state index in [0.29, 0.717) is 19.4 Å². The Morgan fingerprint density at radius 3 is 2.42 bits per heavy atom. The third-order valence-corrected chi connectivity index (χ3v) is 6.40. The first kappa shape index (κ1) is 18.8. The highest BCUT2D eigenvalue weighted by Crippen LogP contribution is 2.23. The molecule has 142 valence electrons. The SMILES string of the molecule is O=C(O)C1CCCCN1C(=O)CCc1ccc(S(=O)(=O)NC2CC2)cc1. The van der Waals surface area contributed by atoms with Gasteiger partial charge in [0.05, 0.1) is 4.90 Å². The van der Waals surface area contributed by atoms with Crippen LogP contribution in [-0.2, 0) is 26.0 Å². The number of rotatable bonds is 7. The van der Waals surface area contributed by atoms with Crippen molar-refractivity contribution in [2.75, 3.05) is 6.54 Å². The molecule has 0 radical (unpaired) electrons. The molecule has 1 aromatic carbocycles. The minimum Gasteiger partial charge on any atom is -0.480 e. The van der Waals surface area contributed by atoms with Gasteiger partial charge in [-0.05, 0) is 56.2 Å². The third-order valence-electron chi connectivity index (χ3n) is 4.87. The summed E-state index contributed by atoms with van der Waals surface area (Å²) >= 11 is 0. The molecule has 2 fully saturated rings. The van der Waals surface area contributed by atoms with E-state index >= 15 is 0 Å². The van der Waals surface area contributed by atoms with Crippen LogP contribution in [0.25, 0.3) is 0 Å². The van der Waals surface area contributed by atoms with Crippen molar-refractivity contribution in [2.24, 2.45) is 0 Å². The average molecular weight is 380 g/mol. The maximum absolute atomic E-state index is 12.4. The number of carboxylic acids is 1. The van der Waals surface area contributed by atoms with Crippen molar-refractivity contribution in [3.63, 3.8) is 0 Å². The molecule has 0 aromatic heterocycles. The molecule has 1 atom stereocenters. The Morgan fingerprint density at radius 2 is 1.81 bits per heavy atom. The maximum Gasteiger partial charge on any atom is 0.326 e. The van der Waals surface area contributed by atoms with Gasteiger partial charge in [0.15, 0.2) is 0 Å². The van der Waals surface area contributed by atoms with E-state index in [4.69, 9.17) is 0 Å². The smallest absolute Gasteiger partial charge is 0.326 e. The average Bonchev–Trinajstić information content (AvgIpc) is 3.43. The summed E-state index contributed by atoms with van der Waals surface area (Å²) in [5.41, 5.74) is 0.854. The normalized spacial score (nSPS) is 20.8. The van der Waals surface area contributed by atoms with Gasteiger partial charge in [-0.2, -0.15) is 0 Å². The number of benzene rings is 1. The first-order valence-electron chi connectivity index (χ1n) is 9.00. The second-order valence-corrected chi connectivity index (χ2v) is 8.69. The van der Waals surface area contributed by atoms with Crippen molar-refractivity contribution in [3.8, 4) is 0 Å². The van der Waals surface area contributed by atoms with Gasteiger partial charge in [0.1, 0.15) is 6.04 Å². The van der Waals surface area contributed by atoms with E-state index in [1.807, 2.05) is 0 Å². The number of nitrogens with zero attached hydrogens (tertiary/aromatic N) is 1. The van der Waals surface area contributed by atoms with Gasteiger partial charge >= 0.3 is 5.97 Å². The number of likely N-dealkylation sites (tertiary alicyclic amines) is 1. The van der Waals surface area contributed by atoms with Crippen molar-refractivity contribution >= 4 is 21.9 Å². The topological polar surface area (TPSA) is 104 Å². The van der Waals surface area contributed by atoms with Crippen LogP contribution in [0, 0.1) is 0 Å². The van der Waals surface area contributed by atoms with Gasteiger partial charge in [-0.3, -0.25) is 4.79 Å². The summed E-state index contributed by atoms with van der Waals surface area (Å²) in [5, 5.41) is 9.26. The molecule has 26 heavy (non-hydrogen) atoms. The fraction of sp³-hybridized carbons (Fsp3) is 0.556. The van der Waals surface area contributed by atoms with Gasteiger partial charge in [-0.1, -0.05) is 12.1 Å². The Morgan fingerprint density at radius 1 is 1.12 bits per heavy atom.